The van der Waals surface area contributed by atoms with E-state index in [1.807, 2.05) is 12.3 Å². The lowest BCUT2D eigenvalue weighted by molar-refractivity contribution is 0.160. The van der Waals surface area contributed by atoms with Gasteiger partial charge in [-0.25, -0.2) is 4.39 Å². The quantitative estimate of drug-likeness (QED) is 0.665. The largest absolute Gasteiger partial charge is 0.406 e. The van der Waals surface area contributed by atoms with E-state index >= 15 is 0 Å². The van der Waals surface area contributed by atoms with Crippen molar-refractivity contribution >= 4 is 16.9 Å². The minimum atomic E-state index is -0.208. The highest BCUT2D eigenvalue weighted by molar-refractivity contribution is 5.82. The highest BCUT2D eigenvalue weighted by atomic mass is 19.1. The molecule has 0 unspecified atom stereocenters. The van der Waals surface area contributed by atoms with Crippen molar-refractivity contribution in [1.82, 2.24) is 15.2 Å². The lowest BCUT2D eigenvalue weighted by Crippen LogP contribution is -2.29. The summed E-state index contributed by atoms with van der Waals surface area (Å²) < 4.78 is 24.3. The van der Waals surface area contributed by atoms with E-state index in [9.17, 15) is 4.39 Å². The molecule has 0 bridgehead atoms. The van der Waals surface area contributed by atoms with Crippen molar-refractivity contribution in [2.45, 2.75) is 51.2 Å². The molecule has 4 rings (SSSR count). The molecule has 0 amide bonds. The van der Waals surface area contributed by atoms with Crippen LogP contribution in [-0.4, -0.2) is 28.3 Å². The minimum Gasteiger partial charge on any atom is -0.406 e. The van der Waals surface area contributed by atoms with Gasteiger partial charge in [-0.1, -0.05) is 5.10 Å². The Morgan fingerprint density at radius 3 is 2.82 bits per heavy atom. The predicted molar refractivity (Wildman–Crippen MR) is 104 cm³/mol. The maximum atomic E-state index is 13.7. The van der Waals surface area contributed by atoms with E-state index in [-0.39, 0.29) is 11.9 Å². The van der Waals surface area contributed by atoms with E-state index in [1.165, 1.54) is 11.6 Å². The Labute approximate surface area is 163 Å². The number of halogens is 1. The normalized spacial score (nSPS) is 21.0. The number of anilines is 1. The zero-order chi connectivity index (χ0) is 19.5. The van der Waals surface area contributed by atoms with Crippen LogP contribution in [0.1, 0.15) is 50.0 Å². The van der Waals surface area contributed by atoms with Gasteiger partial charge in [-0.15, -0.1) is 5.10 Å². The lowest BCUT2D eigenvalue weighted by Gasteiger charge is -2.32. The highest BCUT2D eigenvalue weighted by Crippen LogP contribution is 2.39. The van der Waals surface area contributed by atoms with Crippen LogP contribution in [0.15, 0.2) is 34.9 Å². The topological polar surface area (TPSA) is 73.1 Å². The van der Waals surface area contributed by atoms with E-state index in [4.69, 9.17) is 9.15 Å². The molecule has 6 nitrogen and oxygen atoms in total. The molecule has 148 valence electrons. The first kappa shape index (κ1) is 18.8. The summed E-state index contributed by atoms with van der Waals surface area (Å²) in [6.45, 7) is 2.47. The van der Waals surface area contributed by atoms with Gasteiger partial charge in [0.1, 0.15) is 12.4 Å². The molecule has 0 spiro atoms. The monoisotopic (exact) mass is 384 g/mol. The summed E-state index contributed by atoms with van der Waals surface area (Å²) in [5, 5.41) is 12.2. The molecule has 0 radical (unpaired) electrons. The molecule has 2 aromatic heterocycles. The van der Waals surface area contributed by atoms with Crippen molar-refractivity contribution in [3.63, 3.8) is 0 Å². The third-order valence-corrected chi connectivity index (χ3v) is 5.74. The summed E-state index contributed by atoms with van der Waals surface area (Å²) >= 11 is 0. The molecule has 7 heteroatoms. The smallest absolute Gasteiger partial charge is 0.315 e. The van der Waals surface area contributed by atoms with Crippen molar-refractivity contribution in [1.29, 1.82) is 0 Å². The van der Waals surface area contributed by atoms with Crippen molar-refractivity contribution in [2.75, 3.05) is 12.4 Å². The van der Waals surface area contributed by atoms with Crippen LogP contribution in [0.5, 0.6) is 0 Å². The Hall–Kier alpha value is -2.54. The number of nitrogens with one attached hydrogen (secondary N) is 1. The van der Waals surface area contributed by atoms with Crippen molar-refractivity contribution in [3.8, 4) is 0 Å². The molecule has 1 fully saturated rings. The van der Waals surface area contributed by atoms with E-state index in [2.05, 4.69) is 27.4 Å². The Kier molecular flexibility index (Phi) is 5.52. The first-order valence-corrected chi connectivity index (χ1v) is 9.76. The number of nitrogens with zero attached hydrogens (tertiary/aromatic N) is 3. The van der Waals surface area contributed by atoms with Gasteiger partial charge in [-0.05, 0) is 74.3 Å². The summed E-state index contributed by atoms with van der Waals surface area (Å²) in [6, 6.07) is 7.57. The van der Waals surface area contributed by atoms with Gasteiger partial charge in [0.2, 0.25) is 5.89 Å². The average Bonchev–Trinajstić information content (AvgIpc) is 3.15. The number of methoxy groups -OCH3 is 1. The molecule has 1 atom stereocenters. The second-order valence-electron chi connectivity index (χ2n) is 7.54. The van der Waals surface area contributed by atoms with Crippen LogP contribution in [0.4, 0.5) is 10.4 Å². The standard InChI is InChI=1S/C21H25FN4O2/c1-13(24-21-26-25-20(28-21)12-27-2)14-3-5-15(6-4-14)17-9-10-23-19-8-7-16(22)11-18(17)19/h7-11,13-15H,3-6,12H2,1-2H3,(H,24,26)/t13-,14?,15?/m1/s1. The Bertz CT molecular complexity index is 937. The fraction of sp³-hybridized carbons (Fsp3) is 0.476. The number of rotatable bonds is 6. The summed E-state index contributed by atoms with van der Waals surface area (Å²) in [7, 11) is 1.60. The molecule has 3 aromatic rings. The van der Waals surface area contributed by atoms with Crippen LogP contribution in [0.25, 0.3) is 10.9 Å². The maximum absolute atomic E-state index is 13.7. The predicted octanol–water partition coefficient (Wildman–Crippen LogP) is 4.68. The van der Waals surface area contributed by atoms with E-state index in [0.717, 1.165) is 36.6 Å². The molecule has 2 heterocycles. The fourth-order valence-corrected chi connectivity index (χ4v) is 4.23. The van der Waals surface area contributed by atoms with Gasteiger partial charge in [0, 0.05) is 24.7 Å². The third-order valence-electron chi connectivity index (χ3n) is 5.74. The van der Waals surface area contributed by atoms with E-state index in [0.29, 0.717) is 30.3 Å². The van der Waals surface area contributed by atoms with E-state index < -0.39 is 0 Å². The molecule has 1 aliphatic rings. The van der Waals surface area contributed by atoms with Crippen LogP contribution in [-0.2, 0) is 11.3 Å². The minimum absolute atomic E-state index is 0.208. The Morgan fingerprint density at radius 2 is 2.04 bits per heavy atom. The van der Waals surface area contributed by atoms with Crippen molar-refractivity contribution in [3.05, 3.63) is 47.7 Å². The van der Waals surface area contributed by atoms with Gasteiger partial charge < -0.3 is 14.5 Å². The van der Waals surface area contributed by atoms with E-state index in [1.54, 1.807) is 19.2 Å². The number of hydrogen-bond acceptors (Lipinski definition) is 6. The first-order valence-electron chi connectivity index (χ1n) is 9.76. The molecular formula is C21H25FN4O2. The second-order valence-corrected chi connectivity index (χ2v) is 7.54. The van der Waals surface area contributed by atoms with Crippen LogP contribution in [0, 0.1) is 11.7 Å². The van der Waals surface area contributed by atoms with Gasteiger partial charge in [0.05, 0.1) is 5.52 Å². The molecular weight excluding hydrogens is 359 g/mol. The zero-order valence-electron chi connectivity index (χ0n) is 16.2. The summed E-state index contributed by atoms with van der Waals surface area (Å²) in [5.74, 6) is 1.23. The molecule has 28 heavy (non-hydrogen) atoms. The fourth-order valence-electron chi connectivity index (χ4n) is 4.23. The summed E-state index contributed by atoms with van der Waals surface area (Å²) in [4.78, 5) is 4.37. The van der Waals surface area contributed by atoms with Gasteiger partial charge >= 0.3 is 6.01 Å². The highest BCUT2D eigenvalue weighted by Gasteiger charge is 2.28. The molecule has 1 aliphatic carbocycles. The number of pyridine rings is 1. The molecule has 1 saturated carbocycles. The number of ether oxygens (including phenoxy) is 1. The number of hydrogen-bond donors (Lipinski definition) is 1. The van der Waals surface area contributed by atoms with Gasteiger partial charge in [-0.2, -0.15) is 0 Å². The molecule has 0 aliphatic heterocycles. The maximum Gasteiger partial charge on any atom is 0.315 e. The van der Waals surface area contributed by atoms with Gasteiger partial charge in [0.25, 0.3) is 0 Å². The van der Waals surface area contributed by atoms with Crippen molar-refractivity contribution < 1.29 is 13.5 Å². The SMILES string of the molecule is COCc1nnc(N[C@H](C)C2CCC(c3ccnc4ccc(F)cc34)CC2)o1. The number of aromatic nitrogens is 3. The van der Waals surface area contributed by atoms with Crippen molar-refractivity contribution in [2.24, 2.45) is 5.92 Å². The molecule has 0 saturated heterocycles. The molecule has 1 N–H and O–H groups in total. The first-order chi connectivity index (χ1) is 13.6. The Balaban J connectivity index is 1.40. The molecule has 1 aromatic carbocycles. The van der Waals surface area contributed by atoms with Crippen LogP contribution in [0.3, 0.4) is 0 Å². The van der Waals surface area contributed by atoms with Crippen LogP contribution >= 0.6 is 0 Å². The second kappa shape index (κ2) is 8.22. The van der Waals surface area contributed by atoms with Crippen LogP contribution < -0.4 is 5.32 Å². The lowest BCUT2D eigenvalue weighted by atomic mass is 9.75. The Morgan fingerprint density at radius 1 is 1.21 bits per heavy atom. The summed E-state index contributed by atoms with van der Waals surface area (Å²) in [6.07, 6.45) is 6.17. The number of fused-ring (bicyclic) bond motifs is 1. The average molecular weight is 384 g/mol. The van der Waals surface area contributed by atoms with Gasteiger partial charge in [0.15, 0.2) is 0 Å². The van der Waals surface area contributed by atoms with Crippen LogP contribution in [0.2, 0.25) is 0 Å². The zero-order valence-corrected chi connectivity index (χ0v) is 16.2. The van der Waals surface area contributed by atoms with Gasteiger partial charge in [-0.3, -0.25) is 4.98 Å². The third kappa shape index (κ3) is 3.99. The number of benzene rings is 1. The summed E-state index contributed by atoms with van der Waals surface area (Å²) in [5.41, 5.74) is 2.07.